The van der Waals surface area contributed by atoms with Crippen LogP contribution in [0.5, 0.6) is 0 Å². The molecule has 0 aliphatic heterocycles. The van der Waals surface area contributed by atoms with E-state index >= 15 is 0 Å². The van der Waals surface area contributed by atoms with Crippen molar-refractivity contribution in [1.82, 2.24) is 0 Å². The van der Waals surface area contributed by atoms with Crippen LogP contribution in [0.4, 0.5) is 17.1 Å². The molecular formula is C21H19Br2NO. The van der Waals surface area contributed by atoms with Crippen molar-refractivity contribution in [2.45, 2.75) is 12.8 Å². The molecule has 0 radical (unpaired) electrons. The zero-order valence-electron chi connectivity index (χ0n) is 13.7. The van der Waals surface area contributed by atoms with Crippen LogP contribution >= 0.6 is 31.9 Å². The molecule has 25 heavy (non-hydrogen) atoms. The molecule has 0 amide bonds. The van der Waals surface area contributed by atoms with Gasteiger partial charge in [-0.2, -0.15) is 0 Å². The van der Waals surface area contributed by atoms with Gasteiger partial charge in [0.25, 0.3) is 0 Å². The zero-order chi connectivity index (χ0) is 17.6. The maximum absolute atomic E-state index is 9.00. The Labute approximate surface area is 165 Å². The third-order valence-corrected chi connectivity index (χ3v) is 5.05. The van der Waals surface area contributed by atoms with E-state index in [4.69, 9.17) is 5.11 Å². The van der Waals surface area contributed by atoms with Crippen LogP contribution < -0.4 is 4.90 Å². The van der Waals surface area contributed by atoms with Gasteiger partial charge < -0.3 is 10.0 Å². The molecule has 0 spiro atoms. The topological polar surface area (TPSA) is 23.5 Å². The first-order valence-corrected chi connectivity index (χ1v) is 9.77. The van der Waals surface area contributed by atoms with Crippen molar-refractivity contribution >= 4 is 48.9 Å². The fraction of sp³-hybridized carbons (Fsp3) is 0.143. The lowest BCUT2D eigenvalue weighted by atomic mass is 10.1. The van der Waals surface area contributed by atoms with Crippen LogP contribution in [-0.2, 0) is 6.42 Å². The number of benzene rings is 3. The summed E-state index contributed by atoms with van der Waals surface area (Å²) in [7, 11) is 0. The smallest absolute Gasteiger partial charge is 0.0462 e. The summed E-state index contributed by atoms with van der Waals surface area (Å²) in [6.45, 7) is 0.228. The van der Waals surface area contributed by atoms with E-state index in [0.29, 0.717) is 0 Å². The fourth-order valence-electron chi connectivity index (χ4n) is 2.72. The Morgan fingerprint density at radius 3 is 1.44 bits per heavy atom. The summed E-state index contributed by atoms with van der Waals surface area (Å²) >= 11 is 7.01. The molecule has 0 heterocycles. The fourth-order valence-corrected chi connectivity index (χ4v) is 3.25. The molecule has 0 fully saturated rings. The number of aryl methyl sites for hydroxylation is 1. The van der Waals surface area contributed by atoms with Crippen LogP contribution in [0.3, 0.4) is 0 Å². The summed E-state index contributed by atoms with van der Waals surface area (Å²) in [5.74, 6) is 0. The van der Waals surface area contributed by atoms with Crippen LogP contribution in [-0.4, -0.2) is 11.7 Å². The van der Waals surface area contributed by atoms with Gasteiger partial charge in [0.15, 0.2) is 0 Å². The summed E-state index contributed by atoms with van der Waals surface area (Å²) in [5.41, 5.74) is 4.56. The standard InChI is InChI=1S/C21H19Br2NO/c22-17-5-11-20(12-6-17)24(21-13-7-18(23)8-14-21)19-9-3-16(4-10-19)2-1-15-25/h3-14,25H,1-2,15H2. The number of aliphatic hydroxyl groups is 1. The molecule has 0 aromatic heterocycles. The quantitative estimate of drug-likeness (QED) is 0.447. The van der Waals surface area contributed by atoms with E-state index in [1.807, 2.05) is 0 Å². The van der Waals surface area contributed by atoms with Crippen LogP contribution in [0.15, 0.2) is 81.7 Å². The van der Waals surface area contributed by atoms with Crippen LogP contribution in [0.2, 0.25) is 0 Å². The highest BCUT2D eigenvalue weighted by Crippen LogP contribution is 2.35. The Hall–Kier alpha value is -1.62. The third-order valence-electron chi connectivity index (χ3n) is 3.99. The first kappa shape index (κ1) is 18.2. The van der Waals surface area contributed by atoms with Crippen LogP contribution in [0, 0.1) is 0 Å². The monoisotopic (exact) mass is 459 g/mol. The third kappa shape index (κ3) is 4.72. The van der Waals surface area contributed by atoms with Gasteiger partial charge in [0.05, 0.1) is 0 Å². The predicted molar refractivity (Wildman–Crippen MR) is 112 cm³/mol. The minimum absolute atomic E-state index is 0.228. The molecule has 3 rings (SSSR count). The van der Waals surface area contributed by atoms with Crippen molar-refractivity contribution in [1.29, 1.82) is 0 Å². The second-order valence-electron chi connectivity index (χ2n) is 5.78. The number of halogens is 2. The van der Waals surface area contributed by atoms with Gasteiger partial charge in [0.1, 0.15) is 0 Å². The van der Waals surface area contributed by atoms with Gasteiger partial charge >= 0.3 is 0 Å². The van der Waals surface area contributed by atoms with E-state index in [2.05, 4.69) is 110 Å². The van der Waals surface area contributed by atoms with Gasteiger partial charge in [-0.05, 0) is 79.1 Å². The molecule has 4 heteroatoms. The Morgan fingerprint density at radius 2 is 1.04 bits per heavy atom. The van der Waals surface area contributed by atoms with E-state index in [1.54, 1.807) is 0 Å². The zero-order valence-corrected chi connectivity index (χ0v) is 16.9. The van der Waals surface area contributed by atoms with Crippen LogP contribution in [0.1, 0.15) is 12.0 Å². The Morgan fingerprint density at radius 1 is 0.640 bits per heavy atom. The highest BCUT2D eigenvalue weighted by molar-refractivity contribution is 9.10. The average Bonchev–Trinajstić information content (AvgIpc) is 2.64. The minimum Gasteiger partial charge on any atom is -0.396 e. The largest absolute Gasteiger partial charge is 0.396 e. The van der Waals surface area contributed by atoms with Gasteiger partial charge in [0, 0.05) is 32.6 Å². The lowest BCUT2D eigenvalue weighted by molar-refractivity contribution is 0.288. The summed E-state index contributed by atoms with van der Waals surface area (Å²) in [5, 5.41) is 9.00. The maximum atomic E-state index is 9.00. The molecular weight excluding hydrogens is 442 g/mol. The van der Waals surface area contributed by atoms with E-state index in [1.165, 1.54) is 5.56 Å². The van der Waals surface area contributed by atoms with E-state index in [-0.39, 0.29) is 6.61 Å². The average molecular weight is 461 g/mol. The number of nitrogens with zero attached hydrogens (tertiary/aromatic N) is 1. The van der Waals surface area contributed by atoms with E-state index < -0.39 is 0 Å². The number of anilines is 3. The molecule has 0 bridgehead atoms. The lowest BCUT2D eigenvalue weighted by Crippen LogP contribution is -2.09. The number of rotatable bonds is 6. The minimum atomic E-state index is 0.228. The first-order valence-electron chi connectivity index (χ1n) is 8.18. The second-order valence-corrected chi connectivity index (χ2v) is 7.61. The van der Waals surface area contributed by atoms with Crippen molar-refractivity contribution in [3.8, 4) is 0 Å². The van der Waals surface area contributed by atoms with Crippen molar-refractivity contribution in [3.63, 3.8) is 0 Å². The molecule has 0 atom stereocenters. The molecule has 1 N–H and O–H groups in total. The van der Waals surface area contributed by atoms with Crippen molar-refractivity contribution < 1.29 is 5.11 Å². The number of hydrogen-bond acceptors (Lipinski definition) is 2. The maximum Gasteiger partial charge on any atom is 0.0462 e. The summed E-state index contributed by atoms with van der Waals surface area (Å²) in [6.07, 6.45) is 1.69. The highest BCUT2D eigenvalue weighted by Gasteiger charge is 2.12. The van der Waals surface area contributed by atoms with E-state index in [0.717, 1.165) is 38.8 Å². The molecule has 2 nitrogen and oxygen atoms in total. The molecule has 0 saturated carbocycles. The molecule has 0 aliphatic rings. The van der Waals surface area contributed by atoms with Gasteiger partial charge in [0.2, 0.25) is 0 Å². The summed E-state index contributed by atoms with van der Waals surface area (Å²) in [6, 6.07) is 25.2. The second kappa shape index (κ2) is 8.65. The SMILES string of the molecule is OCCCc1ccc(N(c2ccc(Br)cc2)c2ccc(Br)cc2)cc1. The van der Waals surface area contributed by atoms with Gasteiger partial charge in [-0.1, -0.05) is 44.0 Å². The number of aliphatic hydroxyl groups excluding tert-OH is 1. The Balaban J connectivity index is 1.98. The molecule has 3 aromatic rings. The van der Waals surface area contributed by atoms with Gasteiger partial charge in [-0.3, -0.25) is 0 Å². The van der Waals surface area contributed by atoms with Crippen molar-refractivity contribution in [3.05, 3.63) is 87.3 Å². The Bertz CT molecular complexity index is 753. The molecule has 3 aromatic carbocycles. The highest BCUT2D eigenvalue weighted by atomic mass is 79.9. The van der Waals surface area contributed by atoms with Crippen molar-refractivity contribution in [2.75, 3.05) is 11.5 Å². The normalized spacial score (nSPS) is 10.7. The first-order chi connectivity index (χ1) is 12.2. The summed E-state index contributed by atoms with van der Waals surface area (Å²) < 4.78 is 2.12. The van der Waals surface area contributed by atoms with E-state index in [9.17, 15) is 0 Å². The van der Waals surface area contributed by atoms with Gasteiger partial charge in [-0.25, -0.2) is 0 Å². The summed E-state index contributed by atoms with van der Waals surface area (Å²) in [4.78, 5) is 2.23. The van der Waals surface area contributed by atoms with Crippen molar-refractivity contribution in [2.24, 2.45) is 0 Å². The lowest BCUT2D eigenvalue weighted by Gasteiger charge is -2.25. The van der Waals surface area contributed by atoms with Crippen LogP contribution in [0.25, 0.3) is 0 Å². The molecule has 0 unspecified atom stereocenters. The predicted octanol–water partition coefficient (Wildman–Crippen LogP) is 6.61. The Kier molecular flexibility index (Phi) is 6.29. The van der Waals surface area contributed by atoms with Gasteiger partial charge in [-0.15, -0.1) is 0 Å². The number of hydrogen-bond donors (Lipinski definition) is 1. The molecule has 0 aliphatic carbocycles. The molecule has 128 valence electrons. The molecule has 0 saturated heterocycles.